The molecule has 1 atom stereocenters. The molecule has 2 aromatic rings. The summed E-state index contributed by atoms with van der Waals surface area (Å²) in [5, 5.41) is 3.24. The van der Waals surface area contributed by atoms with Crippen LogP contribution in [0.25, 0.3) is 10.6 Å². The molecule has 7 heteroatoms. The third kappa shape index (κ3) is 5.16. The van der Waals surface area contributed by atoms with Crippen molar-refractivity contribution in [2.45, 2.75) is 33.1 Å². The van der Waals surface area contributed by atoms with Crippen molar-refractivity contribution in [3.63, 3.8) is 0 Å². The molecular weight excluding hydrogens is 451 g/mol. The SMILES string of the molecule is Cc1nc(-c2ccc(CCN=C(N)N3CCCC(C)C3)s2)cs1.I. The second kappa shape index (κ2) is 9.15. The van der Waals surface area contributed by atoms with Crippen LogP contribution in [-0.4, -0.2) is 35.5 Å². The number of hydrogen-bond acceptors (Lipinski definition) is 4. The third-order valence-corrected chi connectivity index (χ3v) is 6.09. The first-order valence-electron chi connectivity index (χ1n) is 8.18. The van der Waals surface area contributed by atoms with E-state index in [1.54, 1.807) is 11.3 Å². The number of rotatable bonds is 4. The first-order chi connectivity index (χ1) is 11.1. The van der Waals surface area contributed by atoms with E-state index < -0.39 is 0 Å². The second-order valence-corrected chi connectivity index (χ2v) is 8.43. The molecule has 3 rings (SSSR count). The molecule has 1 aliphatic heterocycles. The van der Waals surface area contributed by atoms with Crippen LogP contribution in [0.3, 0.4) is 0 Å². The second-order valence-electron chi connectivity index (χ2n) is 6.20. The molecule has 0 amide bonds. The van der Waals surface area contributed by atoms with Gasteiger partial charge in [-0.25, -0.2) is 4.98 Å². The molecule has 3 heterocycles. The summed E-state index contributed by atoms with van der Waals surface area (Å²) in [5.74, 6) is 1.43. The molecule has 0 bridgehead atoms. The fourth-order valence-electron chi connectivity index (χ4n) is 2.90. The standard InChI is InChI=1S/C17H24N4S2.HI/c1-12-4-3-9-21(10-12)17(18)19-8-7-14-5-6-16(23-14)15-11-22-13(2)20-15;/h5-6,11-12H,3-4,7-10H2,1-2H3,(H2,18,19);1H. The van der Waals surface area contributed by atoms with Crippen LogP contribution in [-0.2, 0) is 6.42 Å². The van der Waals surface area contributed by atoms with Crippen molar-refractivity contribution < 1.29 is 0 Å². The Morgan fingerprint density at radius 2 is 2.29 bits per heavy atom. The first-order valence-corrected chi connectivity index (χ1v) is 9.87. The van der Waals surface area contributed by atoms with Crippen LogP contribution in [0.15, 0.2) is 22.5 Å². The number of thiophene rings is 1. The van der Waals surface area contributed by atoms with Gasteiger partial charge >= 0.3 is 0 Å². The lowest BCUT2D eigenvalue weighted by molar-refractivity contribution is 0.270. The van der Waals surface area contributed by atoms with E-state index in [1.807, 2.05) is 18.3 Å². The Morgan fingerprint density at radius 3 is 3.00 bits per heavy atom. The van der Waals surface area contributed by atoms with E-state index in [2.05, 4.69) is 39.3 Å². The van der Waals surface area contributed by atoms with Gasteiger partial charge in [0.05, 0.1) is 15.6 Å². The number of nitrogens with zero attached hydrogens (tertiary/aromatic N) is 3. The van der Waals surface area contributed by atoms with Gasteiger partial charge in [0.2, 0.25) is 0 Å². The van der Waals surface area contributed by atoms with Crippen molar-refractivity contribution in [1.82, 2.24) is 9.88 Å². The monoisotopic (exact) mass is 476 g/mol. The Balaban J connectivity index is 0.00000208. The number of hydrogen-bond donors (Lipinski definition) is 1. The van der Waals surface area contributed by atoms with Crippen molar-refractivity contribution in [3.05, 3.63) is 27.4 Å². The van der Waals surface area contributed by atoms with Crippen LogP contribution in [0, 0.1) is 12.8 Å². The number of aromatic nitrogens is 1. The lowest BCUT2D eigenvalue weighted by atomic mass is 10.0. The smallest absolute Gasteiger partial charge is 0.191 e. The normalized spacial score (nSPS) is 18.5. The van der Waals surface area contributed by atoms with Gasteiger partial charge in [-0.3, -0.25) is 4.99 Å². The van der Waals surface area contributed by atoms with Gasteiger partial charge < -0.3 is 10.6 Å². The van der Waals surface area contributed by atoms with E-state index in [0.29, 0.717) is 5.96 Å². The zero-order valence-electron chi connectivity index (χ0n) is 14.2. The van der Waals surface area contributed by atoms with Crippen LogP contribution in [0.2, 0.25) is 0 Å². The zero-order chi connectivity index (χ0) is 16.2. The van der Waals surface area contributed by atoms with Crippen LogP contribution >= 0.6 is 46.7 Å². The molecular formula is C17H25IN4S2. The minimum atomic E-state index is 0. The molecule has 4 nitrogen and oxygen atoms in total. The van der Waals surface area contributed by atoms with Crippen LogP contribution in [0.5, 0.6) is 0 Å². The highest BCUT2D eigenvalue weighted by molar-refractivity contribution is 14.0. The summed E-state index contributed by atoms with van der Waals surface area (Å²) in [5.41, 5.74) is 7.24. The minimum absolute atomic E-state index is 0. The van der Waals surface area contributed by atoms with Gasteiger partial charge in [0.15, 0.2) is 5.96 Å². The summed E-state index contributed by atoms with van der Waals surface area (Å²) in [6.45, 7) is 7.18. The number of aryl methyl sites for hydroxylation is 1. The topological polar surface area (TPSA) is 54.5 Å². The Hall–Kier alpha value is -0.670. The van der Waals surface area contributed by atoms with E-state index >= 15 is 0 Å². The van der Waals surface area contributed by atoms with Crippen LogP contribution < -0.4 is 5.73 Å². The first kappa shape index (κ1) is 19.7. The van der Waals surface area contributed by atoms with Gasteiger partial charge in [-0.2, -0.15) is 0 Å². The average Bonchev–Trinajstić information content (AvgIpc) is 3.16. The number of thiazole rings is 1. The molecule has 1 unspecified atom stereocenters. The van der Waals surface area contributed by atoms with Crippen molar-refractivity contribution >= 4 is 52.6 Å². The van der Waals surface area contributed by atoms with Crippen molar-refractivity contribution in [2.75, 3.05) is 19.6 Å². The molecule has 1 saturated heterocycles. The number of piperidine rings is 1. The lowest BCUT2D eigenvalue weighted by Gasteiger charge is -2.31. The van der Waals surface area contributed by atoms with Gasteiger partial charge in [-0.05, 0) is 37.8 Å². The van der Waals surface area contributed by atoms with Gasteiger partial charge in [0.1, 0.15) is 0 Å². The predicted molar refractivity (Wildman–Crippen MR) is 116 cm³/mol. The van der Waals surface area contributed by atoms with E-state index in [1.165, 1.54) is 22.6 Å². The Labute approximate surface area is 169 Å². The summed E-state index contributed by atoms with van der Waals surface area (Å²) in [7, 11) is 0. The highest BCUT2D eigenvalue weighted by atomic mass is 127. The predicted octanol–water partition coefficient (Wildman–Crippen LogP) is 4.39. The Morgan fingerprint density at radius 1 is 1.46 bits per heavy atom. The van der Waals surface area contributed by atoms with E-state index in [0.717, 1.165) is 42.7 Å². The summed E-state index contributed by atoms with van der Waals surface area (Å²) in [4.78, 5) is 13.9. The van der Waals surface area contributed by atoms with Crippen molar-refractivity contribution in [2.24, 2.45) is 16.6 Å². The van der Waals surface area contributed by atoms with Gasteiger partial charge in [-0.1, -0.05) is 6.92 Å². The minimum Gasteiger partial charge on any atom is -0.370 e. The van der Waals surface area contributed by atoms with Gasteiger partial charge in [0.25, 0.3) is 0 Å². The molecule has 0 radical (unpaired) electrons. The van der Waals surface area contributed by atoms with Gasteiger partial charge in [0, 0.05) is 36.3 Å². The maximum Gasteiger partial charge on any atom is 0.191 e. The molecule has 24 heavy (non-hydrogen) atoms. The highest BCUT2D eigenvalue weighted by Crippen LogP contribution is 2.29. The molecule has 2 N–H and O–H groups in total. The van der Waals surface area contributed by atoms with Crippen molar-refractivity contribution in [1.29, 1.82) is 0 Å². The molecule has 0 saturated carbocycles. The molecule has 1 aliphatic rings. The Bertz CT molecular complexity index is 680. The molecule has 2 aromatic heterocycles. The average molecular weight is 476 g/mol. The summed E-state index contributed by atoms with van der Waals surface area (Å²) in [6.07, 6.45) is 3.47. The molecule has 0 spiro atoms. The number of aliphatic imine (C=N–C) groups is 1. The van der Waals surface area contributed by atoms with Gasteiger partial charge in [-0.15, -0.1) is 46.7 Å². The summed E-state index contributed by atoms with van der Waals surface area (Å²) in [6, 6.07) is 4.34. The number of halogens is 1. The van der Waals surface area contributed by atoms with E-state index in [4.69, 9.17) is 5.73 Å². The van der Waals surface area contributed by atoms with Crippen LogP contribution in [0.1, 0.15) is 29.7 Å². The number of nitrogens with two attached hydrogens (primary N) is 1. The maximum absolute atomic E-state index is 6.14. The van der Waals surface area contributed by atoms with E-state index in [-0.39, 0.29) is 24.0 Å². The summed E-state index contributed by atoms with van der Waals surface area (Å²) < 4.78 is 0. The van der Waals surface area contributed by atoms with Crippen molar-refractivity contribution in [3.8, 4) is 10.6 Å². The third-order valence-electron chi connectivity index (χ3n) is 4.15. The zero-order valence-corrected chi connectivity index (χ0v) is 18.2. The van der Waals surface area contributed by atoms with E-state index in [9.17, 15) is 0 Å². The lowest BCUT2D eigenvalue weighted by Crippen LogP contribution is -2.43. The Kier molecular flexibility index (Phi) is 7.49. The molecule has 0 aliphatic carbocycles. The molecule has 1 fully saturated rings. The molecule has 0 aromatic carbocycles. The fraction of sp³-hybridized carbons (Fsp3) is 0.529. The maximum atomic E-state index is 6.14. The number of likely N-dealkylation sites (tertiary alicyclic amines) is 1. The summed E-state index contributed by atoms with van der Waals surface area (Å²) >= 11 is 3.51. The number of guanidine groups is 1. The molecule has 132 valence electrons. The largest absolute Gasteiger partial charge is 0.370 e. The fourth-order valence-corrected chi connectivity index (χ4v) is 4.55. The highest BCUT2D eigenvalue weighted by Gasteiger charge is 2.17. The van der Waals surface area contributed by atoms with Crippen LogP contribution in [0.4, 0.5) is 0 Å². The quantitative estimate of drug-likeness (QED) is 0.405.